The smallest absolute Gasteiger partial charge is 0.254 e. The zero-order valence-corrected chi connectivity index (χ0v) is 11.5. The Labute approximate surface area is 106 Å². The van der Waals surface area contributed by atoms with Gasteiger partial charge in [-0.05, 0) is 41.4 Å². The molecule has 0 spiro atoms. The van der Waals surface area contributed by atoms with E-state index in [-0.39, 0.29) is 5.91 Å². The molecular formula is C13H18BrNO. The van der Waals surface area contributed by atoms with E-state index < -0.39 is 0 Å². The van der Waals surface area contributed by atoms with Crippen LogP contribution in [0.15, 0.2) is 28.7 Å². The Morgan fingerprint density at radius 1 is 1.31 bits per heavy atom. The molecule has 0 bridgehead atoms. The van der Waals surface area contributed by atoms with Crippen LogP contribution in [0, 0.1) is 0 Å². The zero-order valence-electron chi connectivity index (χ0n) is 9.87. The summed E-state index contributed by atoms with van der Waals surface area (Å²) in [6, 6.07) is 7.58. The topological polar surface area (TPSA) is 20.3 Å². The summed E-state index contributed by atoms with van der Waals surface area (Å²) in [6.07, 6.45) is 2.17. The number of nitrogens with zero attached hydrogens (tertiary/aromatic N) is 1. The van der Waals surface area contributed by atoms with Crippen molar-refractivity contribution in [2.24, 2.45) is 0 Å². The van der Waals surface area contributed by atoms with Crippen LogP contribution < -0.4 is 0 Å². The molecule has 0 heterocycles. The van der Waals surface area contributed by atoms with E-state index in [1.165, 1.54) is 0 Å². The fraction of sp³-hybridized carbons (Fsp3) is 0.462. The molecule has 0 atom stereocenters. The van der Waals surface area contributed by atoms with Crippen molar-refractivity contribution in [2.45, 2.75) is 26.7 Å². The lowest BCUT2D eigenvalue weighted by Crippen LogP contribution is -2.31. The molecule has 0 saturated heterocycles. The number of hydrogen-bond acceptors (Lipinski definition) is 1. The molecular weight excluding hydrogens is 266 g/mol. The summed E-state index contributed by atoms with van der Waals surface area (Å²) >= 11 is 3.42. The molecule has 0 aliphatic rings. The molecule has 1 aromatic rings. The molecule has 1 aromatic carbocycles. The van der Waals surface area contributed by atoms with Crippen molar-refractivity contribution in [1.29, 1.82) is 0 Å². The third-order valence-electron chi connectivity index (χ3n) is 2.55. The van der Waals surface area contributed by atoms with Gasteiger partial charge in [-0.2, -0.15) is 0 Å². The molecule has 0 saturated carbocycles. The zero-order chi connectivity index (χ0) is 12.0. The Balaban J connectivity index is 2.79. The van der Waals surface area contributed by atoms with Gasteiger partial charge in [-0.25, -0.2) is 0 Å². The van der Waals surface area contributed by atoms with Crippen molar-refractivity contribution < 1.29 is 4.79 Å². The fourth-order valence-electron chi connectivity index (χ4n) is 1.56. The van der Waals surface area contributed by atoms with Crippen LogP contribution in [0.1, 0.15) is 37.0 Å². The molecule has 0 N–H and O–H groups in total. The van der Waals surface area contributed by atoms with E-state index in [1.807, 2.05) is 36.1 Å². The van der Waals surface area contributed by atoms with Gasteiger partial charge in [-0.15, -0.1) is 0 Å². The molecule has 0 aromatic heterocycles. The Kier molecular flexibility index (Phi) is 5.53. The highest BCUT2D eigenvalue weighted by atomic mass is 79.9. The predicted molar refractivity (Wildman–Crippen MR) is 70.6 cm³/mol. The number of halogens is 1. The maximum atomic E-state index is 12.2. The van der Waals surface area contributed by atoms with E-state index in [4.69, 9.17) is 0 Å². The number of amides is 1. The van der Waals surface area contributed by atoms with Gasteiger partial charge in [0.2, 0.25) is 0 Å². The Bertz CT molecular complexity index is 352. The molecule has 0 radical (unpaired) electrons. The minimum absolute atomic E-state index is 0.114. The molecule has 1 rings (SSSR count). The lowest BCUT2D eigenvalue weighted by Gasteiger charge is -2.21. The van der Waals surface area contributed by atoms with Crippen molar-refractivity contribution in [3.8, 4) is 0 Å². The number of unbranched alkanes of at least 4 members (excludes halogenated alkanes) is 1. The van der Waals surface area contributed by atoms with Crippen LogP contribution in [-0.2, 0) is 0 Å². The molecule has 0 unspecified atom stereocenters. The lowest BCUT2D eigenvalue weighted by atomic mass is 10.2. The van der Waals surface area contributed by atoms with Crippen molar-refractivity contribution in [2.75, 3.05) is 13.1 Å². The third kappa shape index (κ3) is 3.34. The summed E-state index contributed by atoms with van der Waals surface area (Å²) in [7, 11) is 0. The van der Waals surface area contributed by atoms with Crippen LogP contribution in [0.3, 0.4) is 0 Å². The van der Waals surface area contributed by atoms with Gasteiger partial charge in [0.15, 0.2) is 0 Å². The average molecular weight is 284 g/mol. The molecule has 2 nitrogen and oxygen atoms in total. The summed E-state index contributed by atoms with van der Waals surface area (Å²) < 4.78 is 0.870. The van der Waals surface area contributed by atoms with Gasteiger partial charge in [0, 0.05) is 17.6 Å². The molecule has 1 amide bonds. The average Bonchev–Trinajstić information content (AvgIpc) is 2.30. The molecule has 88 valence electrons. The second-order valence-electron chi connectivity index (χ2n) is 3.72. The summed E-state index contributed by atoms with van der Waals surface area (Å²) in [5.74, 6) is 0.114. The quantitative estimate of drug-likeness (QED) is 0.807. The summed E-state index contributed by atoms with van der Waals surface area (Å²) in [6.45, 7) is 5.76. The second kappa shape index (κ2) is 6.69. The number of carbonyl (C=O) groups excluding carboxylic acids is 1. The van der Waals surface area contributed by atoms with Crippen LogP contribution in [0.25, 0.3) is 0 Å². The van der Waals surface area contributed by atoms with E-state index in [1.54, 1.807) is 0 Å². The highest BCUT2D eigenvalue weighted by molar-refractivity contribution is 9.10. The van der Waals surface area contributed by atoms with Crippen molar-refractivity contribution in [1.82, 2.24) is 4.90 Å². The lowest BCUT2D eigenvalue weighted by molar-refractivity contribution is 0.0761. The van der Waals surface area contributed by atoms with Gasteiger partial charge >= 0.3 is 0 Å². The molecule has 3 heteroatoms. The van der Waals surface area contributed by atoms with E-state index >= 15 is 0 Å². The van der Waals surface area contributed by atoms with Gasteiger partial charge in [-0.3, -0.25) is 4.79 Å². The van der Waals surface area contributed by atoms with Gasteiger partial charge < -0.3 is 4.90 Å². The van der Waals surface area contributed by atoms with Gasteiger partial charge in [0.05, 0.1) is 5.56 Å². The van der Waals surface area contributed by atoms with Gasteiger partial charge in [0.25, 0.3) is 5.91 Å². The summed E-state index contributed by atoms with van der Waals surface area (Å²) in [5.41, 5.74) is 0.750. The predicted octanol–water partition coefficient (Wildman–Crippen LogP) is 3.71. The van der Waals surface area contributed by atoms with Crippen molar-refractivity contribution in [3.05, 3.63) is 34.3 Å². The number of rotatable bonds is 5. The highest BCUT2D eigenvalue weighted by Gasteiger charge is 2.15. The number of hydrogen-bond donors (Lipinski definition) is 0. The summed E-state index contributed by atoms with van der Waals surface area (Å²) in [5, 5.41) is 0. The van der Waals surface area contributed by atoms with Crippen LogP contribution in [-0.4, -0.2) is 23.9 Å². The molecule has 16 heavy (non-hydrogen) atoms. The first kappa shape index (κ1) is 13.2. The summed E-state index contributed by atoms with van der Waals surface area (Å²) in [4.78, 5) is 14.1. The second-order valence-corrected chi connectivity index (χ2v) is 4.57. The number of benzene rings is 1. The fourth-order valence-corrected chi connectivity index (χ4v) is 2.01. The maximum absolute atomic E-state index is 12.2. The Hall–Kier alpha value is -0.830. The van der Waals surface area contributed by atoms with Crippen LogP contribution in [0.5, 0.6) is 0 Å². The SMILES string of the molecule is CCCCN(CC)C(=O)c1ccccc1Br. The normalized spacial score (nSPS) is 10.2. The van der Waals surface area contributed by atoms with Gasteiger partial charge in [-0.1, -0.05) is 25.5 Å². The van der Waals surface area contributed by atoms with Gasteiger partial charge in [0.1, 0.15) is 0 Å². The molecule has 0 fully saturated rings. The van der Waals surface area contributed by atoms with E-state index in [2.05, 4.69) is 22.9 Å². The number of carbonyl (C=O) groups is 1. The van der Waals surface area contributed by atoms with Crippen molar-refractivity contribution in [3.63, 3.8) is 0 Å². The highest BCUT2D eigenvalue weighted by Crippen LogP contribution is 2.18. The minimum Gasteiger partial charge on any atom is -0.339 e. The Morgan fingerprint density at radius 3 is 2.56 bits per heavy atom. The van der Waals surface area contributed by atoms with E-state index in [0.717, 1.165) is 36.0 Å². The van der Waals surface area contributed by atoms with Crippen LogP contribution >= 0.6 is 15.9 Å². The molecule has 0 aliphatic heterocycles. The van der Waals surface area contributed by atoms with E-state index in [9.17, 15) is 4.79 Å². The van der Waals surface area contributed by atoms with Crippen molar-refractivity contribution >= 4 is 21.8 Å². The molecule has 0 aliphatic carbocycles. The largest absolute Gasteiger partial charge is 0.339 e. The standard InChI is InChI=1S/C13H18BrNO/c1-3-5-10-15(4-2)13(16)11-8-6-7-9-12(11)14/h6-9H,3-5,10H2,1-2H3. The third-order valence-corrected chi connectivity index (χ3v) is 3.25. The van der Waals surface area contributed by atoms with Crippen LogP contribution in [0.2, 0.25) is 0 Å². The first-order valence-electron chi connectivity index (χ1n) is 5.74. The monoisotopic (exact) mass is 283 g/mol. The van der Waals surface area contributed by atoms with Crippen LogP contribution in [0.4, 0.5) is 0 Å². The first-order chi connectivity index (χ1) is 7.70. The first-order valence-corrected chi connectivity index (χ1v) is 6.53. The minimum atomic E-state index is 0.114. The maximum Gasteiger partial charge on any atom is 0.254 e. The Morgan fingerprint density at radius 2 is 2.00 bits per heavy atom. The van der Waals surface area contributed by atoms with E-state index in [0.29, 0.717) is 0 Å².